The van der Waals surface area contributed by atoms with Gasteiger partial charge in [-0.1, -0.05) is 32.9 Å². The Morgan fingerprint density at radius 1 is 1.14 bits per heavy atom. The number of phenols is 1. The maximum Gasteiger partial charge on any atom is 0.225 e. The predicted octanol–water partition coefficient (Wildman–Crippen LogP) is 4.60. The number of pyridine rings is 1. The van der Waals surface area contributed by atoms with Crippen LogP contribution in [-0.2, 0) is 16.6 Å². The van der Waals surface area contributed by atoms with E-state index in [0.29, 0.717) is 36.1 Å². The molecule has 1 unspecified atom stereocenters. The largest absolute Gasteiger partial charge is 0.508 e. The van der Waals surface area contributed by atoms with Gasteiger partial charge in [0.1, 0.15) is 23.1 Å². The summed E-state index contributed by atoms with van der Waals surface area (Å²) in [6.07, 6.45) is 2.61. The number of benzene rings is 2. The van der Waals surface area contributed by atoms with E-state index in [9.17, 15) is 15.0 Å². The van der Waals surface area contributed by atoms with E-state index >= 15 is 0 Å². The van der Waals surface area contributed by atoms with Gasteiger partial charge in [0, 0.05) is 40.9 Å². The number of hydrogen-bond acceptors (Lipinski definition) is 7. The molecular weight excluding hydrogens is 468 g/mol. The third-order valence-electron chi connectivity index (χ3n) is 7.80. The molecule has 2 aliphatic carbocycles. The van der Waals surface area contributed by atoms with Crippen LogP contribution < -0.4 is 20.7 Å². The van der Waals surface area contributed by atoms with E-state index in [2.05, 4.69) is 53.8 Å². The highest BCUT2D eigenvalue weighted by molar-refractivity contribution is 5.93. The Morgan fingerprint density at radius 3 is 2.65 bits per heavy atom. The van der Waals surface area contributed by atoms with Crippen molar-refractivity contribution in [2.24, 2.45) is 5.92 Å². The van der Waals surface area contributed by atoms with Gasteiger partial charge in [-0.25, -0.2) is 4.98 Å². The molecule has 0 bridgehead atoms. The zero-order valence-electron chi connectivity index (χ0n) is 21.2. The smallest absolute Gasteiger partial charge is 0.225 e. The lowest BCUT2D eigenvalue weighted by Crippen LogP contribution is -2.42. The first-order chi connectivity index (χ1) is 17.6. The second-order valence-corrected chi connectivity index (χ2v) is 11.4. The molecule has 2 fully saturated rings. The molecule has 2 saturated carbocycles. The monoisotopic (exact) mass is 500 g/mol. The predicted molar refractivity (Wildman–Crippen MR) is 141 cm³/mol. The number of aliphatic hydroxyl groups excluding tert-OH is 1. The van der Waals surface area contributed by atoms with Crippen molar-refractivity contribution in [1.29, 1.82) is 0 Å². The number of ether oxygens (including phenoxy) is 1. The first-order valence-corrected chi connectivity index (χ1v) is 12.8. The van der Waals surface area contributed by atoms with Crippen LogP contribution in [0.2, 0.25) is 0 Å². The number of phenolic OH excluding ortho intramolecular Hbond substituents is 1. The highest BCUT2D eigenvalue weighted by atomic mass is 16.5. The van der Waals surface area contributed by atoms with E-state index in [1.54, 1.807) is 24.4 Å². The summed E-state index contributed by atoms with van der Waals surface area (Å²) in [5, 5.41) is 30.6. The number of carbonyl (C=O) groups is 1. The Kier molecular flexibility index (Phi) is 5.43. The standard InChI is InChI=1S/C29H32N4O4/c1-28(2,3)16-4-6-17(7-5-16)31-27(36)33-29-15-21(29)25(29)20-14-18(8-10-22(20)34)37-23-12-13-30-26-19(23)9-11-24(35)32-26/h4-8,10,12-14,21,25,27,31,33-34,36H,9,11,15H2,1-3H3,(H,30,32,35)/t21-,25+,27?,29-/m0/s1. The first kappa shape index (κ1) is 23.8. The molecule has 2 heterocycles. The Bertz CT molecular complexity index is 1370. The summed E-state index contributed by atoms with van der Waals surface area (Å²) in [6.45, 7) is 6.52. The van der Waals surface area contributed by atoms with Crippen molar-refractivity contribution in [2.45, 2.75) is 63.3 Å². The maximum atomic E-state index is 11.7. The van der Waals surface area contributed by atoms with E-state index in [0.717, 1.165) is 23.2 Å². The van der Waals surface area contributed by atoms with Gasteiger partial charge in [-0.2, -0.15) is 0 Å². The van der Waals surface area contributed by atoms with Gasteiger partial charge < -0.3 is 25.6 Å². The van der Waals surface area contributed by atoms with Gasteiger partial charge in [-0.15, -0.1) is 0 Å². The second-order valence-electron chi connectivity index (χ2n) is 11.4. The van der Waals surface area contributed by atoms with Crippen LogP contribution in [0.1, 0.15) is 56.2 Å². The molecule has 1 aromatic heterocycles. The number of carbonyl (C=O) groups excluding carboxylic acids is 1. The van der Waals surface area contributed by atoms with Crippen LogP contribution in [0, 0.1) is 5.92 Å². The van der Waals surface area contributed by atoms with Gasteiger partial charge in [-0.05, 0) is 66.1 Å². The lowest BCUT2D eigenvalue weighted by Gasteiger charge is -2.23. The van der Waals surface area contributed by atoms with E-state index in [4.69, 9.17) is 4.74 Å². The molecule has 37 heavy (non-hydrogen) atoms. The minimum Gasteiger partial charge on any atom is -0.508 e. The molecule has 8 heteroatoms. The van der Waals surface area contributed by atoms with Gasteiger partial charge in [0.2, 0.25) is 5.91 Å². The van der Waals surface area contributed by atoms with Crippen LogP contribution in [0.3, 0.4) is 0 Å². The lowest BCUT2D eigenvalue weighted by molar-refractivity contribution is -0.116. The van der Waals surface area contributed by atoms with Crippen molar-refractivity contribution in [2.75, 3.05) is 10.6 Å². The van der Waals surface area contributed by atoms with Crippen molar-refractivity contribution in [1.82, 2.24) is 10.3 Å². The van der Waals surface area contributed by atoms with Gasteiger partial charge >= 0.3 is 0 Å². The summed E-state index contributed by atoms with van der Waals surface area (Å²) in [5.41, 5.74) is 3.60. The summed E-state index contributed by atoms with van der Waals surface area (Å²) in [6, 6.07) is 15.2. The molecule has 2 aromatic carbocycles. The number of nitrogens with zero attached hydrogens (tertiary/aromatic N) is 1. The van der Waals surface area contributed by atoms with Gasteiger partial charge in [0.05, 0.1) is 0 Å². The molecule has 5 N–H and O–H groups in total. The summed E-state index contributed by atoms with van der Waals surface area (Å²) in [4.78, 5) is 16.0. The number of rotatable bonds is 7. The van der Waals surface area contributed by atoms with Crippen LogP contribution in [0.15, 0.2) is 54.7 Å². The molecule has 0 spiro atoms. The first-order valence-electron chi connectivity index (χ1n) is 12.8. The molecule has 0 saturated heterocycles. The molecule has 3 aromatic rings. The fraction of sp³-hybridized carbons (Fsp3) is 0.379. The van der Waals surface area contributed by atoms with Gasteiger partial charge in [0.25, 0.3) is 0 Å². The van der Waals surface area contributed by atoms with Crippen LogP contribution in [-0.4, -0.2) is 33.0 Å². The Morgan fingerprint density at radius 2 is 1.92 bits per heavy atom. The number of nitrogens with one attached hydrogen (secondary N) is 3. The molecule has 3 aliphatic rings. The molecule has 6 rings (SSSR count). The van der Waals surface area contributed by atoms with Gasteiger partial charge in [-0.3, -0.25) is 10.1 Å². The van der Waals surface area contributed by atoms with Crippen LogP contribution in [0.5, 0.6) is 17.2 Å². The summed E-state index contributed by atoms with van der Waals surface area (Å²) < 4.78 is 6.18. The van der Waals surface area contributed by atoms with Crippen molar-refractivity contribution in [3.63, 3.8) is 0 Å². The minimum absolute atomic E-state index is 0.0478. The Balaban J connectivity index is 1.13. The van der Waals surface area contributed by atoms with E-state index in [1.807, 2.05) is 18.2 Å². The number of aromatic nitrogens is 1. The fourth-order valence-electron chi connectivity index (χ4n) is 5.50. The van der Waals surface area contributed by atoms with Crippen molar-refractivity contribution < 1.29 is 19.7 Å². The SMILES string of the molecule is CC(C)(C)c1ccc(NC(O)N[C@@]23C[C@H]2[C@H]3c2cc(Oc3ccnc4c3CCC(=O)N4)ccc2O)cc1. The summed E-state index contributed by atoms with van der Waals surface area (Å²) in [5.74, 6) is 2.42. The number of aromatic hydroxyl groups is 1. The van der Waals surface area contributed by atoms with E-state index in [1.165, 1.54) is 5.56 Å². The number of fused-ring (bicyclic) bond motifs is 2. The topological polar surface area (TPSA) is 116 Å². The van der Waals surface area contributed by atoms with Crippen LogP contribution in [0.25, 0.3) is 0 Å². The van der Waals surface area contributed by atoms with Crippen LogP contribution in [0.4, 0.5) is 11.5 Å². The van der Waals surface area contributed by atoms with E-state index < -0.39 is 6.35 Å². The highest BCUT2D eigenvalue weighted by Crippen LogP contribution is 2.77. The average Bonchev–Trinajstić information content (AvgIpc) is 3.70. The van der Waals surface area contributed by atoms with Gasteiger partial charge in [0.15, 0.2) is 6.35 Å². The highest BCUT2D eigenvalue weighted by Gasteiger charge is 2.80. The zero-order valence-corrected chi connectivity index (χ0v) is 21.2. The summed E-state index contributed by atoms with van der Waals surface area (Å²) in [7, 11) is 0. The fourth-order valence-corrected chi connectivity index (χ4v) is 5.50. The molecule has 1 aliphatic heterocycles. The molecule has 1 amide bonds. The number of aliphatic hydroxyl groups is 1. The molecular formula is C29H32N4O4. The van der Waals surface area contributed by atoms with Crippen LogP contribution >= 0.6 is 0 Å². The molecule has 8 nitrogen and oxygen atoms in total. The normalized spacial score (nSPS) is 24.4. The third kappa shape index (κ3) is 4.40. The van der Waals surface area contributed by atoms with Crippen molar-refractivity contribution >= 4 is 17.4 Å². The zero-order chi connectivity index (χ0) is 25.9. The minimum atomic E-state index is -0.907. The molecule has 0 radical (unpaired) electrons. The van der Waals surface area contributed by atoms with E-state index in [-0.39, 0.29) is 28.5 Å². The quantitative estimate of drug-likeness (QED) is 0.301. The number of amides is 1. The number of anilines is 2. The van der Waals surface area contributed by atoms with Crippen molar-refractivity contribution in [3.05, 3.63) is 71.4 Å². The molecule has 4 atom stereocenters. The number of hydrogen-bond donors (Lipinski definition) is 5. The maximum absolute atomic E-state index is 11.7. The lowest BCUT2D eigenvalue weighted by atomic mass is 9.87. The Hall–Kier alpha value is -3.62. The molecule has 192 valence electrons. The summed E-state index contributed by atoms with van der Waals surface area (Å²) >= 11 is 0. The second kappa shape index (κ2) is 8.46. The average molecular weight is 501 g/mol. The van der Waals surface area contributed by atoms with Crippen molar-refractivity contribution in [3.8, 4) is 17.2 Å². The Labute approximate surface area is 216 Å². The third-order valence-corrected chi connectivity index (χ3v) is 7.80.